The summed E-state index contributed by atoms with van der Waals surface area (Å²) >= 11 is 4.81. The number of halogens is 1. The van der Waals surface area contributed by atoms with Gasteiger partial charge in [-0.05, 0) is 46.6 Å². The van der Waals surface area contributed by atoms with E-state index >= 15 is 0 Å². The van der Waals surface area contributed by atoms with Gasteiger partial charge in [0.15, 0.2) is 6.61 Å². The summed E-state index contributed by atoms with van der Waals surface area (Å²) in [6, 6.07) is 7.10. The van der Waals surface area contributed by atoms with Crippen molar-refractivity contribution in [2.75, 3.05) is 11.9 Å². The zero-order chi connectivity index (χ0) is 15.7. The minimum absolute atomic E-state index is 0.0334. The molecule has 0 bridgehead atoms. The number of hydrogen-bond acceptors (Lipinski definition) is 4. The van der Waals surface area contributed by atoms with Gasteiger partial charge in [-0.2, -0.15) is 0 Å². The molecule has 1 atom stereocenters. The van der Waals surface area contributed by atoms with Crippen LogP contribution in [0.2, 0.25) is 0 Å². The van der Waals surface area contributed by atoms with Crippen molar-refractivity contribution in [1.29, 1.82) is 0 Å². The van der Waals surface area contributed by atoms with Gasteiger partial charge in [0.1, 0.15) is 5.75 Å². The van der Waals surface area contributed by atoms with Crippen LogP contribution in [0.5, 0.6) is 5.75 Å². The van der Waals surface area contributed by atoms with Gasteiger partial charge < -0.3 is 15.4 Å². The van der Waals surface area contributed by atoms with Crippen LogP contribution in [0, 0.1) is 0 Å². The highest BCUT2D eigenvalue weighted by molar-refractivity contribution is 9.11. The van der Waals surface area contributed by atoms with Crippen LogP contribution in [0.1, 0.15) is 28.9 Å². The molecular formula is C15H13BrN2O3S. The van der Waals surface area contributed by atoms with Crippen molar-refractivity contribution in [3.8, 4) is 5.75 Å². The molecule has 0 fully saturated rings. The van der Waals surface area contributed by atoms with Gasteiger partial charge in [-0.25, -0.2) is 0 Å². The van der Waals surface area contributed by atoms with Crippen LogP contribution in [-0.2, 0) is 4.79 Å². The van der Waals surface area contributed by atoms with Crippen LogP contribution in [-0.4, -0.2) is 18.4 Å². The number of carbonyl (C=O) groups excluding carboxylic acids is 2. The van der Waals surface area contributed by atoms with E-state index in [0.29, 0.717) is 17.0 Å². The number of benzene rings is 1. The summed E-state index contributed by atoms with van der Waals surface area (Å²) in [5, 5.41) is 7.50. The summed E-state index contributed by atoms with van der Waals surface area (Å²) in [5.74, 6) is 0.334. The number of anilines is 1. The minimum atomic E-state index is -0.185. The molecule has 0 unspecified atom stereocenters. The molecule has 1 aromatic heterocycles. The zero-order valence-electron chi connectivity index (χ0n) is 11.7. The fourth-order valence-electron chi connectivity index (χ4n) is 2.16. The molecule has 0 saturated carbocycles. The summed E-state index contributed by atoms with van der Waals surface area (Å²) in [6.45, 7) is 1.93. The number of carbonyl (C=O) groups is 2. The van der Waals surface area contributed by atoms with E-state index in [-0.39, 0.29) is 24.5 Å². The van der Waals surface area contributed by atoms with Gasteiger partial charge in [-0.3, -0.25) is 9.59 Å². The molecule has 0 radical (unpaired) electrons. The number of hydrogen-bond donors (Lipinski definition) is 2. The number of ether oxygens (including phenoxy) is 1. The number of rotatable bonds is 3. The van der Waals surface area contributed by atoms with Gasteiger partial charge in [0.2, 0.25) is 0 Å². The Morgan fingerprint density at radius 1 is 1.45 bits per heavy atom. The van der Waals surface area contributed by atoms with E-state index in [1.165, 1.54) is 11.3 Å². The Morgan fingerprint density at radius 3 is 3.00 bits per heavy atom. The third-order valence-electron chi connectivity index (χ3n) is 3.31. The summed E-state index contributed by atoms with van der Waals surface area (Å²) in [4.78, 5) is 23.5. The zero-order valence-corrected chi connectivity index (χ0v) is 14.1. The summed E-state index contributed by atoms with van der Waals surface area (Å²) < 4.78 is 6.24. The van der Waals surface area contributed by atoms with Gasteiger partial charge >= 0.3 is 0 Å². The van der Waals surface area contributed by atoms with Gasteiger partial charge in [0.25, 0.3) is 11.8 Å². The molecule has 3 rings (SSSR count). The highest BCUT2D eigenvalue weighted by atomic mass is 79.9. The second-order valence-electron chi connectivity index (χ2n) is 4.93. The molecule has 0 saturated heterocycles. The van der Waals surface area contributed by atoms with E-state index in [9.17, 15) is 9.59 Å². The Balaban J connectivity index is 1.75. The molecule has 1 aliphatic rings. The lowest BCUT2D eigenvalue weighted by molar-refractivity contribution is -0.118. The topological polar surface area (TPSA) is 67.4 Å². The quantitative estimate of drug-likeness (QED) is 0.857. The molecule has 1 aliphatic heterocycles. The molecule has 22 heavy (non-hydrogen) atoms. The number of nitrogens with one attached hydrogen (secondary N) is 2. The molecule has 2 amide bonds. The lowest BCUT2D eigenvalue weighted by Crippen LogP contribution is -2.27. The molecule has 5 nitrogen and oxygen atoms in total. The lowest BCUT2D eigenvalue weighted by atomic mass is 10.1. The third-order valence-corrected chi connectivity index (χ3v) is 4.82. The van der Waals surface area contributed by atoms with Crippen molar-refractivity contribution in [2.45, 2.75) is 13.0 Å². The Morgan fingerprint density at radius 2 is 2.27 bits per heavy atom. The van der Waals surface area contributed by atoms with Crippen molar-refractivity contribution >= 4 is 44.8 Å². The Hall–Kier alpha value is -1.86. The van der Waals surface area contributed by atoms with E-state index in [2.05, 4.69) is 26.6 Å². The highest BCUT2D eigenvalue weighted by Crippen LogP contribution is 2.30. The third kappa shape index (κ3) is 3.15. The monoisotopic (exact) mass is 380 g/mol. The number of amides is 2. The maximum Gasteiger partial charge on any atom is 0.262 e. The van der Waals surface area contributed by atoms with Crippen molar-refractivity contribution < 1.29 is 14.3 Å². The molecule has 0 spiro atoms. The van der Waals surface area contributed by atoms with E-state index in [1.807, 2.05) is 19.1 Å². The van der Waals surface area contributed by atoms with E-state index < -0.39 is 0 Å². The average molecular weight is 381 g/mol. The fraction of sp³-hybridized carbons (Fsp3) is 0.200. The lowest BCUT2D eigenvalue weighted by Gasteiger charge is -2.20. The van der Waals surface area contributed by atoms with Crippen LogP contribution in [0.4, 0.5) is 5.69 Å². The number of thiophene rings is 1. The first-order valence-corrected chi connectivity index (χ1v) is 8.31. The fourth-order valence-corrected chi connectivity index (χ4v) is 3.30. The van der Waals surface area contributed by atoms with Crippen molar-refractivity contribution in [1.82, 2.24) is 5.32 Å². The number of fused-ring (bicyclic) bond motifs is 1. The summed E-state index contributed by atoms with van der Waals surface area (Å²) in [5.41, 5.74) is 2.15. The maximum absolute atomic E-state index is 12.2. The molecule has 2 N–H and O–H groups in total. The second-order valence-corrected chi connectivity index (χ2v) is 7.22. The van der Waals surface area contributed by atoms with E-state index in [4.69, 9.17) is 4.74 Å². The van der Waals surface area contributed by atoms with Gasteiger partial charge in [-0.1, -0.05) is 6.07 Å². The van der Waals surface area contributed by atoms with Crippen LogP contribution in [0.3, 0.4) is 0 Å². The van der Waals surface area contributed by atoms with Crippen LogP contribution in [0.25, 0.3) is 0 Å². The Labute approximate surface area is 139 Å². The molecular weight excluding hydrogens is 368 g/mol. The first-order chi connectivity index (χ1) is 10.5. The second kappa shape index (κ2) is 6.10. The van der Waals surface area contributed by atoms with E-state index in [1.54, 1.807) is 17.5 Å². The van der Waals surface area contributed by atoms with Gasteiger partial charge in [0.05, 0.1) is 21.1 Å². The standard InChI is InChI=1S/C15H13BrN2O3S/c1-8(17-15(20)10-5-13(16)22-7-10)9-2-3-12-11(4-9)18-14(19)6-21-12/h2-5,7-8H,6H2,1H3,(H,17,20)(H,18,19)/t8-/m1/s1. The Kier molecular flexibility index (Phi) is 4.17. The molecule has 7 heteroatoms. The molecule has 2 aromatic rings. The van der Waals surface area contributed by atoms with Crippen LogP contribution in [0.15, 0.2) is 33.4 Å². The largest absolute Gasteiger partial charge is 0.482 e. The SMILES string of the molecule is C[C@@H](NC(=O)c1csc(Br)c1)c1ccc2c(c1)NC(=O)CO2. The molecule has 1 aromatic carbocycles. The normalized spacial score (nSPS) is 14.5. The predicted octanol–water partition coefficient (Wildman–Crippen LogP) is 3.33. The smallest absolute Gasteiger partial charge is 0.262 e. The average Bonchev–Trinajstić information content (AvgIpc) is 2.93. The van der Waals surface area contributed by atoms with Gasteiger partial charge in [-0.15, -0.1) is 11.3 Å². The highest BCUT2D eigenvalue weighted by Gasteiger charge is 2.18. The van der Waals surface area contributed by atoms with E-state index in [0.717, 1.165) is 9.35 Å². The van der Waals surface area contributed by atoms with Crippen molar-refractivity contribution in [3.63, 3.8) is 0 Å². The molecule has 114 valence electrons. The minimum Gasteiger partial charge on any atom is -0.482 e. The maximum atomic E-state index is 12.2. The molecule has 2 heterocycles. The van der Waals surface area contributed by atoms with Crippen LogP contribution >= 0.6 is 27.3 Å². The Bertz CT molecular complexity index is 744. The van der Waals surface area contributed by atoms with Crippen molar-refractivity contribution in [3.05, 3.63) is 44.6 Å². The first-order valence-electron chi connectivity index (χ1n) is 6.64. The first kappa shape index (κ1) is 15.1. The molecule has 0 aliphatic carbocycles. The summed E-state index contributed by atoms with van der Waals surface area (Å²) in [7, 11) is 0. The van der Waals surface area contributed by atoms with Crippen LogP contribution < -0.4 is 15.4 Å². The van der Waals surface area contributed by atoms with Gasteiger partial charge in [0, 0.05) is 5.38 Å². The summed E-state index contributed by atoms with van der Waals surface area (Å²) in [6.07, 6.45) is 0. The predicted molar refractivity (Wildman–Crippen MR) is 88.5 cm³/mol. The van der Waals surface area contributed by atoms with Crippen molar-refractivity contribution in [2.24, 2.45) is 0 Å².